The SMILES string of the molecule is CCOC1CCN(S(=O)(=O)c2ccc(N)c(OC)c2)CC1. The largest absolute Gasteiger partial charge is 0.495 e. The first kappa shape index (κ1) is 16.1. The Morgan fingerprint density at radius 3 is 2.57 bits per heavy atom. The van der Waals surface area contributed by atoms with Gasteiger partial charge in [-0.1, -0.05) is 0 Å². The first-order chi connectivity index (χ1) is 9.98. The number of rotatable bonds is 5. The van der Waals surface area contributed by atoms with Crippen LogP contribution in [0.25, 0.3) is 0 Å². The number of nitrogens with two attached hydrogens (primary N) is 1. The van der Waals surface area contributed by atoms with E-state index in [1.807, 2.05) is 6.92 Å². The Morgan fingerprint density at radius 2 is 2.00 bits per heavy atom. The fourth-order valence-corrected chi connectivity index (χ4v) is 3.96. The Balaban J connectivity index is 2.15. The van der Waals surface area contributed by atoms with E-state index in [4.69, 9.17) is 15.2 Å². The molecule has 1 aromatic rings. The zero-order valence-electron chi connectivity index (χ0n) is 12.4. The number of methoxy groups -OCH3 is 1. The summed E-state index contributed by atoms with van der Waals surface area (Å²) in [4.78, 5) is 0.211. The average Bonchev–Trinajstić information content (AvgIpc) is 2.48. The molecule has 1 fully saturated rings. The molecule has 0 bridgehead atoms. The minimum absolute atomic E-state index is 0.155. The highest BCUT2D eigenvalue weighted by molar-refractivity contribution is 7.89. The summed E-state index contributed by atoms with van der Waals surface area (Å²) < 4.78 is 37.4. The molecule has 0 spiro atoms. The first-order valence-corrected chi connectivity index (χ1v) is 8.48. The monoisotopic (exact) mass is 314 g/mol. The first-order valence-electron chi connectivity index (χ1n) is 7.04. The van der Waals surface area contributed by atoms with Gasteiger partial charge in [0, 0.05) is 25.8 Å². The highest BCUT2D eigenvalue weighted by Crippen LogP contribution is 2.28. The summed E-state index contributed by atoms with van der Waals surface area (Å²) in [5, 5.41) is 0. The molecule has 1 aliphatic heterocycles. The number of nitrogens with zero attached hydrogens (tertiary/aromatic N) is 1. The maximum absolute atomic E-state index is 12.6. The normalized spacial score (nSPS) is 17.8. The number of anilines is 1. The zero-order valence-corrected chi connectivity index (χ0v) is 13.2. The van der Waals surface area contributed by atoms with Crippen molar-refractivity contribution in [3.8, 4) is 5.75 Å². The lowest BCUT2D eigenvalue weighted by Gasteiger charge is -2.31. The highest BCUT2D eigenvalue weighted by atomic mass is 32.2. The van der Waals surface area contributed by atoms with Crippen molar-refractivity contribution >= 4 is 15.7 Å². The predicted molar refractivity (Wildman–Crippen MR) is 80.8 cm³/mol. The molecule has 1 heterocycles. The van der Waals surface area contributed by atoms with Crippen LogP contribution in [0.2, 0.25) is 0 Å². The number of sulfonamides is 1. The lowest BCUT2D eigenvalue weighted by molar-refractivity contribution is 0.0290. The Morgan fingerprint density at radius 1 is 1.33 bits per heavy atom. The third-order valence-electron chi connectivity index (χ3n) is 3.65. The molecule has 21 heavy (non-hydrogen) atoms. The van der Waals surface area contributed by atoms with Crippen LogP contribution in [0.15, 0.2) is 23.1 Å². The van der Waals surface area contributed by atoms with Crippen molar-refractivity contribution in [2.24, 2.45) is 0 Å². The van der Waals surface area contributed by atoms with Gasteiger partial charge in [-0.05, 0) is 31.9 Å². The Labute approximate surface area is 125 Å². The van der Waals surface area contributed by atoms with Crippen LogP contribution < -0.4 is 10.5 Å². The van der Waals surface area contributed by atoms with Crippen molar-refractivity contribution in [3.05, 3.63) is 18.2 Å². The van der Waals surface area contributed by atoms with Crippen LogP contribution in [0.4, 0.5) is 5.69 Å². The van der Waals surface area contributed by atoms with E-state index in [-0.39, 0.29) is 11.0 Å². The molecular formula is C14H22N2O4S. The van der Waals surface area contributed by atoms with Crippen LogP contribution >= 0.6 is 0 Å². The maximum Gasteiger partial charge on any atom is 0.243 e. The minimum atomic E-state index is -3.51. The van der Waals surface area contributed by atoms with E-state index in [9.17, 15) is 8.42 Å². The van der Waals surface area contributed by atoms with E-state index in [1.54, 1.807) is 6.07 Å². The fraction of sp³-hybridized carbons (Fsp3) is 0.571. The third kappa shape index (κ3) is 3.48. The topological polar surface area (TPSA) is 81.9 Å². The number of nitrogen functional groups attached to an aromatic ring is 1. The van der Waals surface area contributed by atoms with E-state index in [0.717, 1.165) is 12.8 Å². The van der Waals surface area contributed by atoms with Gasteiger partial charge in [0.1, 0.15) is 5.75 Å². The number of benzene rings is 1. The second-order valence-corrected chi connectivity index (χ2v) is 6.90. The van der Waals surface area contributed by atoms with Gasteiger partial charge >= 0.3 is 0 Å². The summed E-state index contributed by atoms with van der Waals surface area (Å²) in [6, 6.07) is 4.54. The Kier molecular flexibility index (Phi) is 5.08. The molecule has 118 valence electrons. The highest BCUT2D eigenvalue weighted by Gasteiger charge is 2.30. The molecule has 1 aliphatic rings. The maximum atomic E-state index is 12.6. The molecule has 0 saturated carbocycles. The molecule has 2 rings (SSSR count). The molecule has 1 aromatic carbocycles. The number of hydrogen-bond donors (Lipinski definition) is 1. The predicted octanol–water partition coefficient (Wildman–Crippen LogP) is 1.47. The van der Waals surface area contributed by atoms with Crippen molar-refractivity contribution in [1.82, 2.24) is 4.31 Å². The van der Waals surface area contributed by atoms with E-state index in [1.165, 1.54) is 23.5 Å². The molecule has 2 N–H and O–H groups in total. The van der Waals surface area contributed by atoms with Crippen molar-refractivity contribution in [2.45, 2.75) is 30.8 Å². The second-order valence-electron chi connectivity index (χ2n) is 4.96. The summed E-state index contributed by atoms with van der Waals surface area (Å²) in [5.74, 6) is 0.375. The molecule has 1 saturated heterocycles. The van der Waals surface area contributed by atoms with Crippen LogP contribution in [0.3, 0.4) is 0 Å². The Bertz CT molecular complexity index is 581. The van der Waals surface area contributed by atoms with Gasteiger partial charge in [-0.25, -0.2) is 8.42 Å². The number of hydrogen-bond acceptors (Lipinski definition) is 5. The molecule has 0 amide bonds. The van der Waals surface area contributed by atoms with Gasteiger partial charge in [-0.15, -0.1) is 0 Å². The standard InChI is InChI=1S/C14H22N2O4S/c1-3-20-11-6-8-16(9-7-11)21(17,18)12-4-5-13(15)14(10-12)19-2/h4-5,10-11H,3,6-9,15H2,1-2H3. The van der Waals surface area contributed by atoms with E-state index in [0.29, 0.717) is 31.1 Å². The van der Waals surface area contributed by atoms with Gasteiger partial charge in [0.15, 0.2) is 0 Å². The summed E-state index contributed by atoms with van der Waals surface area (Å²) in [7, 11) is -2.04. The van der Waals surface area contributed by atoms with Gasteiger partial charge in [-0.3, -0.25) is 0 Å². The van der Waals surface area contributed by atoms with Gasteiger partial charge in [-0.2, -0.15) is 4.31 Å². The summed E-state index contributed by atoms with van der Waals surface area (Å²) in [6.45, 7) is 3.55. The molecular weight excluding hydrogens is 292 g/mol. The van der Waals surface area contributed by atoms with Crippen LogP contribution in [0.1, 0.15) is 19.8 Å². The van der Waals surface area contributed by atoms with Gasteiger partial charge < -0.3 is 15.2 Å². The van der Waals surface area contributed by atoms with Gasteiger partial charge in [0.2, 0.25) is 10.0 Å². The van der Waals surface area contributed by atoms with Crippen LogP contribution in [0, 0.1) is 0 Å². The van der Waals surface area contributed by atoms with Crippen molar-refractivity contribution in [3.63, 3.8) is 0 Å². The summed E-state index contributed by atoms with van der Waals surface area (Å²) in [5.41, 5.74) is 6.15. The molecule has 0 atom stereocenters. The summed E-state index contributed by atoms with van der Waals surface area (Å²) >= 11 is 0. The van der Waals surface area contributed by atoms with Crippen LogP contribution in [-0.4, -0.2) is 45.6 Å². The lowest BCUT2D eigenvalue weighted by Crippen LogP contribution is -2.40. The van der Waals surface area contributed by atoms with E-state index < -0.39 is 10.0 Å². The van der Waals surface area contributed by atoms with Crippen molar-refractivity contribution in [2.75, 3.05) is 32.5 Å². The number of piperidine rings is 1. The van der Waals surface area contributed by atoms with Gasteiger partial charge in [0.05, 0.1) is 23.8 Å². The molecule has 0 unspecified atom stereocenters. The second kappa shape index (κ2) is 6.64. The van der Waals surface area contributed by atoms with Gasteiger partial charge in [0.25, 0.3) is 0 Å². The van der Waals surface area contributed by atoms with Crippen LogP contribution in [0.5, 0.6) is 5.75 Å². The molecule has 6 nitrogen and oxygen atoms in total. The minimum Gasteiger partial charge on any atom is -0.495 e. The molecule has 0 aliphatic carbocycles. The van der Waals surface area contributed by atoms with Crippen molar-refractivity contribution in [1.29, 1.82) is 0 Å². The Hall–Kier alpha value is -1.31. The number of ether oxygens (including phenoxy) is 2. The summed E-state index contributed by atoms with van der Waals surface area (Å²) in [6.07, 6.45) is 1.60. The third-order valence-corrected chi connectivity index (χ3v) is 5.54. The van der Waals surface area contributed by atoms with Crippen LogP contribution in [-0.2, 0) is 14.8 Å². The van der Waals surface area contributed by atoms with Crippen molar-refractivity contribution < 1.29 is 17.9 Å². The average molecular weight is 314 g/mol. The quantitative estimate of drug-likeness (QED) is 0.832. The van der Waals surface area contributed by atoms with E-state index in [2.05, 4.69) is 0 Å². The molecule has 0 radical (unpaired) electrons. The fourth-order valence-electron chi connectivity index (χ4n) is 2.48. The van der Waals surface area contributed by atoms with E-state index >= 15 is 0 Å². The molecule has 0 aromatic heterocycles. The molecule has 7 heteroatoms. The smallest absolute Gasteiger partial charge is 0.243 e. The zero-order chi connectivity index (χ0) is 15.5. The lowest BCUT2D eigenvalue weighted by atomic mass is 10.1.